The number of esters is 1. The average Bonchev–Trinajstić information content (AvgIpc) is 3.08. The second-order valence-electron chi connectivity index (χ2n) is 9.59. The molecule has 3 atom stereocenters. The highest BCUT2D eigenvalue weighted by Gasteiger charge is 2.61. The minimum Gasteiger partial charge on any atom is -0.495 e. The van der Waals surface area contributed by atoms with E-state index in [0.29, 0.717) is 5.56 Å². The van der Waals surface area contributed by atoms with Gasteiger partial charge in [0, 0.05) is 12.3 Å². The molecule has 0 saturated carbocycles. The molecule has 35 heavy (non-hydrogen) atoms. The predicted octanol–water partition coefficient (Wildman–Crippen LogP) is 4.15. The van der Waals surface area contributed by atoms with Crippen LogP contribution in [0.4, 0.5) is 4.79 Å². The van der Waals surface area contributed by atoms with Gasteiger partial charge in [0.1, 0.15) is 11.7 Å². The van der Waals surface area contributed by atoms with Crippen LogP contribution < -0.4 is 0 Å². The monoisotopic (exact) mass is 481 g/mol. The number of hydrogen-bond acceptors (Lipinski definition) is 5. The number of benzene rings is 2. The summed E-state index contributed by atoms with van der Waals surface area (Å²) in [7, 11) is 0. The van der Waals surface area contributed by atoms with Crippen LogP contribution in [-0.2, 0) is 31.9 Å². The predicted molar refractivity (Wildman–Crippen MR) is 129 cm³/mol. The number of aliphatic carboxylic acids is 1. The zero-order valence-corrected chi connectivity index (χ0v) is 20.1. The molecule has 1 saturated heterocycles. The normalized spacial score (nSPS) is 22.2. The molecule has 8 heteroatoms. The number of carbonyl (C=O) groups is 3. The number of ether oxygens (including phenoxy) is 2. The maximum Gasteiger partial charge on any atom is 0.408 e. The summed E-state index contributed by atoms with van der Waals surface area (Å²) in [6.45, 7) is 5.05. The largest absolute Gasteiger partial charge is 0.495 e. The van der Waals surface area contributed by atoms with Crippen molar-refractivity contribution in [3.63, 3.8) is 0 Å². The second-order valence-corrected chi connectivity index (χ2v) is 9.59. The number of rotatable bonds is 8. The van der Waals surface area contributed by atoms with E-state index in [0.717, 1.165) is 22.8 Å². The van der Waals surface area contributed by atoms with Gasteiger partial charge in [0.05, 0.1) is 18.9 Å². The van der Waals surface area contributed by atoms with Crippen molar-refractivity contribution in [1.82, 2.24) is 4.90 Å². The fraction of sp³-hybridized carbons (Fsp3) is 0.370. The number of likely N-dealkylation sites (tertiary alicyclic amines) is 1. The van der Waals surface area contributed by atoms with Gasteiger partial charge >= 0.3 is 18.0 Å². The van der Waals surface area contributed by atoms with E-state index >= 15 is 0 Å². The van der Waals surface area contributed by atoms with Gasteiger partial charge in [-0.05, 0) is 38.3 Å². The summed E-state index contributed by atoms with van der Waals surface area (Å²) in [5, 5.41) is 20.5. The first-order valence-electron chi connectivity index (χ1n) is 11.4. The molecule has 0 aromatic heterocycles. The average molecular weight is 482 g/mol. The van der Waals surface area contributed by atoms with Crippen molar-refractivity contribution in [3.05, 3.63) is 84.1 Å². The quantitative estimate of drug-likeness (QED) is 0.331. The standard InChI is InChI=1S/C27H31NO7/c1-26(2,3)35-23(29)14-15-34-22-18-28(25(32)33)27(24(30)31,17-20-12-8-5-9-13-20)21(22)16-19-10-6-4-7-11-19/h4-15,21-22H,16-18H2,1-3H3,(H,30,31)(H,32,33)/b15-14+/t21?,22-,27+/m1/s1. The molecule has 2 aromatic rings. The van der Waals surface area contributed by atoms with Gasteiger partial charge in [-0.1, -0.05) is 60.7 Å². The summed E-state index contributed by atoms with van der Waals surface area (Å²) < 4.78 is 11.1. The Morgan fingerprint density at radius 3 is 2.09 bits per heavy atom. The molecule has 1 heterocycles. The summed E-state index contributed by atoms with van der Waals surface area (Å²) in [6.07, 6.45) is 0.385. The van der Waals surface area contributed by atoms with Crippen molar-refractivity contribution in [2.45, 2.75) is 50.9 Å². The fourth-order valence-corrected chi connectivity index (χ4v) is 4.55. The van der Waals surface area contributed by atoms with E-state index in [1.807, 2.05) is 36.4 Å². The summed E-state index contributed by atoms with van der Waals surface area (Å²) >= 11 is 0. The van der Waals surface area contributed by atoms with Crippen molar-refractivity contribution in [2.24, 2.45) is 5.92 Å². The first-order valence-corrected chi connectivity index (χ1v) is 11.4. The molecule has 1 unspecified atom stereocenters. The summed E-state index contributed by atoms with van der Waals surface area (Å²) in [5.74, 6) is -2.59. The third kappa shape index (κ3) is 6.20. The van der Waals surface area contributed by atoms with Crippen LogP contribution in [0, 0.1) is 5.92 Å². The summed E-state index contributed by atoms with van der Waals surface area (Å²) in [6, 6.07) is 18.2. The Kier molecular flexibility index (Phi) is 7.84. The lowest BCUT2D eigenvalue weighted by Gasteiger charge is -2.37. The van der Waals surface area contributed by atoms with E-state index < -0.39 is 41.2 Å². The van der Waals surface area contributed by atoms with Crippen LogP contribution in [0.1, 0.15) is 31.9 Å². The van der Waals surface area contributed by atoms with Gasteiger partial charge in [-0.3, -0.25) is 4.90 Å². The summed E-state index contributed by atoms with van der Waals surface area (Å²) in [4.78, 5) is 38.2. The molecule has 1 fully saturated rings. The molecule has 0 bridgehead atoms. The number of amides is 1. The molecule has 1 aliphatic rings. The number of carboxylic acids is 1. The lowest BCUT2D eigenvalue weighted by molar-refractivity contribution is -0.152. The van der Waals surface area contributed by atoms with Gasteiger partial charge in [0.15, 0.2) is 5.54 Å². The molecular formula is C27H31NO7. The van der Waals surface area contributed by atoms with E-state index in [1.165, 1.54) is 0 Å². The van der Waals surface area contributed by atoms with Crippen LogP contribution in [0.25, 0.3) is 0 Å². The second kappa shape index (κ2) is 10.6. The van der Waals surface area contributed by atoms with Gasteiger partial charge < -0.3 is 19.7 Å². The lowest BCUT2D eigenvalue weighted by atomic mass is 9.75. The van der Waals surface area contributed by atoms with Gasteiger partial charge in [0.2, 0.25) is 0 Å². The van der Waals surface area contributed by atoms with Crippen molar-refractivity contribution in [1.29, 1.82) is 0 Å². The minimum absolute atomic E-state index is 0.0252. The molecule has 8 nitrogen and oxygen atoms in total. The Balaban J connectivity index is 2.00. The minimum atomic E-state index is -1.77. The molecule has 3 rings (SSSR count). The molecule has 2 N–H and O–H groups in total. The Bertz CT molecular complexity index is 1060. The maximum atomic E-state index is 12.9. The SMILES string of the molecule is CC(C)(C)OC(=O)/C=C/O[C@@H]1CN(C(=O)O)[C@](Cc2ccccc2)(C(=O)O)C1Cc1ccccc1. The Hall–Kier alpha value is -3.81. The molecule has 1 amide bonds. The number of carboxylic acid groups (broad SMARTS) is 2. The van der Waals surface area contributed by atoms with E-state index in [9.17, 15) is 24.6 Å². The lowest BCUT2D eigenvalue weighted by Crippen LogP contribution is -2.58. The van der Waals surface area contributed by atoms with Crippen molar-refractivity contribution in [2.75, 3.05) is 6.54 Å². The number of nitrogens with zero attached hydrogens (tertiary/aromatic N) is 1. The Morgan fingerprint density at radius 2 is 1.57 bits per heavy atom. The maximum absolute atomic E-state index is 12.9. The zero-order valence-electron chi connectivity index (χ0n) is 20.1. The highest BCUT2D eigenvalue weighted by molar-refractivity contribution is 5.86. The third-order valence-electron chi connectivity index (χ3n) is 5.99. The van der Waals surface area contributed by atoms with Crippen LogP contribution in [0.5, 0.6) is 0 Å². The Labute approximate surface area is 204 Å². The van der Waals surface area contributed by atoms with Crippen LogP contribution in [0.3, 0.4) is 0 Å². The van der Waals surface area contributed by atoms with Gasteiger partial charge in [0.25, 0.3) is 0 Å². The number of hydrogen-bond donors (Lipinski definition) is 2. The van der Waals surface area contributed by atoms with E-state index in [4.69, 9.17) is 9.47 Å². The van der Waals surface area contributed by atoms with Crippen molar-refractivity contribution >= 4 is 18.0 Å². The van der Waals surface area contributed by atoms with Crippen LogP contribution in [-0.4, -0.2) is 56.9 Å². The molecule has 0 radical (unpaired) electrons. The van der Waals surface area contributed by atoms with Gasteiger partial charge in [-0.15, -0.1) is 0 Å². The molecule has 0 spiro atoms. The van der Waals surface area contributed by atoms with Crippen molar-refractivity contribution in [3.8, 4) is 0 Å². The van der Waals surface area contributed by atoms with Crippen LogP contribution >= 0.6 is 0 Å². The molecule has 186 valence electrons. The van der Waals surface area contributed by atoms with Crippen LogP contribution in [0.15, 0.2) is 73.0 Å². The molecular weight excluding hydrogens is 450 g/mol. The van der Waals surface area contributed by atoms with E-state index in [1.54, 1.807) is 45.0 Å². The smallest absolute Gasteiger partial charge is 0.408 e. The van der Waals surface area contributed by atoms with Gasteiger partial charge in [-0.2, -0.15) is 0 Å². The Morgan fingerprint density at radius 1 is 1.00 bits per heavy atom. The highest BCUT2D eigenvalue weighted by atomic mass is 16.6. The number of carbonyl (C=O) groups excluding carboxylic acids is 1. The third-order valence-corrected chi connectivity index (χ3v) is 5.99. The first-order chi connectivity index (χ1) is 16.5. The molecule has 0 aliphatic carbocycles. The zero-order chi connectivity index (χ0) is 25.6. The molecule has 1 aliphatic heterocycles. The van der Waals surface area contributed by atoms with E-state index in [-0.39, 0.29) is 19.4 Å². The van der Waals surface area contributed by atoms with Crippen LogP contribution in [0.2, 0.25) is 0 Å². The van der Waals surface area contributed by atoms with Gasteiger partial charge in [-0.25, -0.2) is 14.4 Å². The topological polar surface area (TPSA) is 113 Å². The first kappa shape index (κ1) is 25.8. The summed E-state index contributed by atoms with van der Waals surface area (Å²) in [5.41, 5.74) is -0.899. The highest BCUT2D eigenvalue weighted by Crippen LogP contribution is 2.42. The fourth-order valence-electron chi connectivity index (χ4n) is 4.55. The van der Waals surface area contributed by atoms with Crippen molar-refractivity contribution < 1.29 is 34.1 Å². The molecule has 2 aromatic carbocycles. The van der Waals surface area contributed by atoms with E-state index in [2.05, 4.69) is 0 Å².